The molecule has 1 N–H and O–H groups in total. The second kappa shape index (κ2) is 5.19. The molecule has 0 unspecified atom stereocenters. The Bertz CT molecular complexity index is 808. The maximum Gasteiger partial charge on any atom is 0.200 e. The second-order valence-corrected chi connectivity index (χ2v) is 5.16. The summed E-state index contributed by atoms with van der Waals surface area (Å²) >= 11 is 11.5. The molecule has 0 aliphatic carbocycles. The Kier molecular flexibility index (Phi) is 3.38. The molecule has 0 bridgehead atoms. The normalized spacial score (nSPS) is 10.7. The van der Waals surface area contributed by atoms with E-state index in [0.717, 1.165) is 16.8 Å². The Hall–Kier alpha value is -1.98. The molecule has 20 heavy (non-hydrogen) atoms. The van der Waals surface area contributed by atoms with Crippen molar-refractivity contribution in [3.05, 3.63) is 58.1 Å². The molecule has 0 fully saturated rings. The predicted molar refractivity (Wildman–Crippen MR) is 81.7 cm³/mol. The van der Waals surface area contributed by atoms with Gasteiger partial charge in [0, 0.05) is 23.0 Å². The van der Waals surface area contributed by atoms with Gasteiger partial charge in [-0.05, 0) is 49.0 Å². The van der Waals surface area contributed by atoms with E-state index in [9.17, 15) is 0 Å². The lowest BCUT2D eigenvalue weighted by Crippen LogP contribution is -1.98. The van der Waals surface area contributed by atoms with Gasteiger partial charge < -0.3 is 0 Å². The molecule has 4 nitrogen and oxygen atoms in total. The van der Waals surface area contributed by atoms with E-state index in [1.54, 1.807) is 12.4 Å². The molecule has 0 saturated carbocycles. The van der Waals surface area contributed by atoms with Crippen molar-refractivity contribution in [1.82, 2.24) is 19.7 Å². The molecule has 0 radical (unpaired) electrons. The lowest BCUT2D eigenvalue weighted by molar-refractivity contribution is 1.03. The van der Waals surface area contributed by atoms with Crippen molar-refractivity contribution in [3.63, 3.8) is 0 Å². The quantitative estimate of drug-likeness (QED) is 0.729. The van der Waals surface area contributed by atoms with Gasteiger partial charge in [-0.2, -0.15) is 5.10 Å². The van der Waals surface area contributed by atoms with Gasteiger partial charge >= 0.3 is 0 Å². The van der Waals surface area contributed by atoms with Crippen LogP contribution in [0, 0.1) is 11.7 Å². The van der Waals surface area contributed by atoms with Crippen molar-refractivity contribution in [2.75, 3.05) is 0 Å². The van der Waals surface area contributed by atoms with Gasteiger partial charge in [-0.15, -0.1) is 0 Å². The number of aromatic nitrogens is 4. The third kappa shape index (κ3) is 2.26. The molecule has 0 spiro atoms. The van der Waals surface area contributed by atoms with Crippen molar-refractivity contribution >= 4 is 23.8 Å². The molecule has 2 heterocycles. The number of benzene rings is 1. The minimum Gasteiger partial charge on any atom is -0.268 e. The van der Waals surface area contributed by atoms with Crippen LogP contribution in [0.3, 0.4) is 0 Å². The molecule has 0 aliphatic heterocycles. The zero-order valence-corrected chi connectivity index (χ0v) is 12.2. The summed E-state index contributed by atoms with van der Waals surface area (Å²) in [4.78, 5) is 4.11. The number of pyridine rings is 1. The van der Waals surface area contributed by atoms with Crippen LogP contribution in [0.4, 0.5) is 0 Å². The van der Waals surface area contributed by atoms with Gasteiger partial charge in [-0.3, -0.25) is 14.6 Å². The fourth-order valence-corrected chi connectivity index (χ4v) is 2.36. The Labute approximate surface area is 126 Å². The molecule has 0 saturated heterocycles. The van der Waals surface area contributed by atoms with Crippen LogP contribution in [0.25, 0.3) is 17.1 Å². The molecule has 0 amide bonds. The third-order valence-electron chi connectivity index (χ3n) is 3.01. The van der Waals surface area contributed by atoms with Gasteiger partial charge in [-0.1, -0.05) is 17.7 Å². The van der Waals surface area contributed by atoms with Crippen LogP contribution in [0.1, 0.15) is 5.56 Å². The van der Waals surface area contributed by atoms with Gasteiger partial charge in [0.25, 0.3) is 0 Å². The smallest absolute Gasteiger partial charge is 0.200 e. The van der Waals surface area contributed by atoms with E-state index >= 15 is 0 Å². The highest BCUT2D eigenvalue weighted by Gasteiger charge is 2.11. The summed E-state index contributed by atoms with van der Waals surface area (Å²) in [6.45, 7) is 1.96. The number of halogens is 1. The summed E-state index contributed by atoms with van der Waals surface area (Å²) in [5, 5.41) is 7.79. The number of hydrogen-bond donors (Lipinski definition) is 1. The number of rotatable bonds is 2. The first-order valence-corrected chi connectivity index (χ1v) is 6.80. The first-order valence-electron chi connectivity index (χ1n) is 6.01. The van der Waals surface area contributed by atoms with Crippen molar-refractivity contribution in [2.45, 2.75) is 6.92 Å². The highest BCUT2D eigenvalue weighted by atomic mass is 35.5. The SMILES string of the molecule is Cc1ccc(-n2c(-c3cccnc3)n[nH]c2=S)cc1Cl. The lowest BCUT2D eigenvalue weighted by atomic mass is 10.2. The zero-order chi connectivity index (χ0) is 14.1. The Morgan fingerprint density at radius 1 is 1.30 bits per heavy atom. The zero-order valence-electron chi connectivity index (χ0n) is 10.7. The second-order valence-electron chi connectivity index (χ2n) is 4.36. The van der Waals surface area contributed by atoms with Gasteiger partial charge in [-0.25, -0.2) is 0 Å². The van der Waals surface area contributed by atoms with Crippen molar-refractivity contribution < 1.29 is 0 Å². The fraction of sp³-hybridized carbons (Fsp3) is 0.0714. The molecule has 1 aromatic carbocycles. The Morgan fingerprint density at radius 2 is 2.15 bits per heavy atom. The summed E-state index contributed by atoms with van der Waals surface area (Å²) in [6, 6.07) is 9.59. The van der Waals surface area contributed by atoms with E-state index in [1.165, 1.54) is 0 Å². The largest absolute Gasteiger partial charge is 0.268 e. The first kappa shape index (κ1) is 13.0. The van der Waals surface area contributed by atoms with E-state index in [-0.39, 0.29) is 0 Å². The third-order valence-corrected chi connectivity index (χ3v) is 3.69. The molecule has 3 aromatic rings. The minimum atomic E-state index is 0.517. The van der Waals surface area contributed by atoms with Crippen LogP contribution in [0.5, 0.6) is 0 Å². The van der Waals surface area contributed by atoms with Crippen molar-refractivity contribution in [1.29, 1.82) is 0 Å². The molecule has 2 aromatic heterocycles. The number of aryl methyl sites for hydroxylation is 1. The van der Waals surface area contributed by atoms with Crippen LogP contribution in [-0.2, 0) is 0 Å². The van der Waals surface area contributed by atoms with Crippen LogP contribution < -0.4 is 0 Å². The predicted octanol–water partition coefficient (Wildman–Crippen LogP) is 3.95. The maximum absolute atomic E-state index is 6.19. The van der Waals surface area contributed by atoms with Gasteiger partial charge in [0.2, 0.25) is 0 Å². The van der Waals surface area contributed by atoms with Crippen molar-refractivity contribution in [2.24, 2.45) is 0 Å². The van der Waals surface area contributed by atoms with Gasteiger partial charge in [0.05, 0.1) is 5.69 Å². The molecule has 100 valence electrons. The first-order chi connectivity index (χ1) is 9.66. The standard InChI is InChI=1S/C14H11ClN4S/c1-9-4-5-11(7-12(9)15)19-13(17-18-14(19)20)10-3-2-6-16-8-10/h2-8H,1H3,(H,18,20). The fourth-order valence-electron chi connectivity index (χ4n) is 1.95. The van der Waals surface area contributed by atoms with Gasteiger partial charge in [0.15, 0.2) is 10.6 Å². The molecular weight excluding hydrogens is 292 g/mol. The molecule has 0 aliphatic rings. The molecule has 6 heteroatoms. The van der Waals surface area contributed by atoms with E-state index < -0.39 is 0 Å². The van der Waals surface area contributed by atoms with E-state index in [1.807, 2.05) is 41.8 Å². The van der Waals surface area contributed by atoms with Gasteiger partial charge in [0.1, 0.15) is 0 Å². The van der Waals surface area contributed by atoms with E-state index in [0.29, 0.717) is 15.6 Å². The number of hydrogen-bond acceptors (Lipinski definition) is 3. The number of nitrogens with zero attached hydrogens (tertiary/aromatic N) is 3. The average Bonchev–Trinajstić information content (AvgIpc) is 2.85. The summed E-state index contributed by atoms with van der Waals surface area (Å²) in [7, 11) is 0. The number of H-pyrrole nitrogens is 1. The van der Waals surface area contributed by atoms with Crippen molar-refractivity contribution in [3.8, 4) is 17.1 Å². The minimum absolute atomic E-state index is 0.517. The summed E-state index contributed by atoms with van der Waals surface area (Å²) in [6.07, 6.45) is 3.47. The molecular formula is C14H11ClN4S. The summed E-state index contributed by atoms with van der Waals surface area (Å²) in [5.74, 6) is 0.711. The van der Waals surface area contributed by atoms with Crippen LogP contribution in [0.2, 0.25) is 5.02 Å². The average molecular weight is 303 g/mol. The van der Waals surface area contributed by atoms with E-state index in [2.05, 4.69) is 15.2 Å². The summed E-state index contributed by atoms with van der Waals surface area (Å²) in [5.41, 5.74) is 2.78. The van der Waals surface area contributed by atoms with Crippen LogP contribution in [-0.4, -0.2) is 19.7 Å². The Balaban J connectivity index is 2.22. The summed E-state index contributed by atoms with van der Waals surface area (Å²) < 4.78 is 2.36. The van der Waals surface area contributed by atoms with Crippen LogP contribution in [0.15, 0.2) is 42.7 Å². The highest BCUT2D eigenvalue weighted by Crippen LogP contribution is 2.24. The Morgan fingerprint density at radius 3 is 2.85 bits per heavy atom. The highest BCUT2D eigenvalue weighted by molar-refractivity contribution is 7.71. The topological polar surface area (TPSA) is 46.5 Å². The van der Waals surface area contributed by atoms with Crippen LogP contribution >= 0.6 is 23.8 Å². The number of aromatic amines is 1. The molecule has 0 atom stereocenters. The lowest BCUT2D eigenvalue weighted by Gasteiger charge is -2.08. The van der Waals surface area contributed by atoms with E-state index in [4.69, 9.17) is 23.8 Å². The monoisotopic (exact) mass is 302 g/mol. The number of nitrogens with one attached hydrogen (secondary N) is 1. The maximum atomic E-state index is 6.19. The molecule has 3 rings (SSSR count).